The molecule has 0 aromatic heterocycles. The van der Waals surface area contributed by atoms with Crippen molar-refractivity contribution in [1.82, 2.24) is 10.2 Å². The van der Waals surface area contributed by atoms with Crippen LogP contribution in [0.15, 0.2) is 54.6 Å². The zero-order valence-corrected chi connectivity index (χ0v) is 18.9. The van der Waals surface area contributed by atoms with Crippen LogP contribution in [-0.4, -0.2) is 57.0 Å². The van der Waals surface area contributed by atoms with Crippen LogP contribution in [0.4, 0.5) is 0 Å². The van der Waals surface area contributed by atoms with Crippen molar-refractivity contribution < 1.29 is 17.9 Å². The van der Waals surface area contributed by atoms with E-state index >= 15 is 0 Å². The molecule has 7 heteroatoms. The average Bonchev–Trinajstić information content (AvgIpc) is 2.77. The van der Waals surface area contributed by atoms with Gasteiger partial charge in [-0.25, -0.2) is 8.42 Å². The molecule has 0 aliphatic carbocycles. The molecule has 1 unspecified atom stereocenters. The maximum Gasteiger partial charge on any atom is 0.241 e. The number of sulfone groups is 1. The van der Waals surface area contributed by atoms with Crippen LogP contribution in [0.2, 0.25) is 0 Å². The van der Waals surface area contributed by atoms with Gasteiger partial charge < -0.3 is 10.1 Å². The smallest absolute Gasteiger partial charge is 0.241 e. The second kappa shape index (κ2) is 11.3. The van der Waals surface area contributed by atoms with Crippen LogP contribution in [0, 0.1) is 0 Å². The molecule has 0 bridgehead atoms. The molecule has 2 aromatic carbocycles. The minimum Gasteiger partial charge on any atom is -0.494 e. The Labute approximate surface area is 185 Å². The van der Waals surface area contributed by atoms with E-state index in [-0.39, 0.29) is 17.4 Å². The summed E-state index contributed by atoms with van der Waals surface area (Å²) in [6, 6.07) is 17.1. The predicted octanol–water partition coefficient (Wildman–Crippen LogP) is 3.00. The Hall–Kier alpha value is -2.38. The molecule has 0 spiro atoms. The molecule has 6 nitrogen and oxygen atoms in total. The quantitative estimate of drug-likeness (QED) is 0.570. The highest BCUT2D eigenvalue weighted by Crippen LogP contribution is 2.23. The summed E-state index contributed by atoms with van der Waals surface area (Å²) in [5.74, 6) is 0.961. The fourth-order valence-electron chi connectivity index (χ4n) is 3.66. The second-order valence-corrected chi connectivity index (χ2v) is 10.2. The minimum absolute atomic E-state index is 0.0926. The van der Waals surface area contributed by atoms with Gasteiger partial charge in [0.1, 0.15) is 11.8 Å². The van der Waals surface area contributed by atoms with Crippen LogP contribution in [0.3, 0.4) is 0 Å². The molecule has 31 heavy (non-hydrogen) atoms. The zero-order valence-electron chi connectivity index (χ0n) is 18.1. The molecule has 1 atom stereocenters. The Bertz CT molecular complexity index is 916. The van der Waals surface area contributed by atoms with Crippen molar-refractivity contribution in [3.63, 3.8) is 0 Å². The van der Waals surface area contributed by atoms with E-state index in [0.717, 1.165) is 42.7 Å². The maximum atomic E-state index is 13.1. The van der Waals surface area contributed by atoms with Gasteiger partial charge in [-0.05, 0) is 36.1 Å². The molecule has 0 radical (unpaired) electrons. The topological polar surface area (TPSA) is 75.7 Å². The summed E-state index contributed by atoms with van der Waals surface area (Å²) in [5.41, 5.74) is 2.01. The van der Waals surface area contributed by atoms with E-state index in [1.165, 1.54) is 0 Å². The molecular weight excluding hydrogens is 412 g/mol. The van der Waals surface area contributed by atoms with E-state index in [4.69, 9.17) is 4.74 Å². The van der Waals surface area contributed by atoms with Gasteiger partial charge in [0.05, 0.1) is 18.1 Å². The third kappa shape index (κ3) is 7.08. The van der Waals surface area contributed by atoms with Crippen molar-refractivity contribution in [3.8, 4) is 5.75 Å². The van der Waals surface area contributed by atoms with E-state index in [9.17, 15) is 13.2 Å². The lowest BCUT2D eigenvalue weighted by molar-refractivity contribution is -0.126. The van der Waals surface area contributed by atoms with E-state index in [1.807, 2.05) is 59.5 Å². The molecule has 2 aromatic rings. The molecule has 1 saturated heterocycles. The fraction of sp³-hybridized carbons (Fsp3) is 0.458. The van der Waals surface area contributed by atoms with Gasteiger partial charge in [0, 0.05) is 19.6 Å². The maximum absolute atomic E-state index is 13.1. The number of hydrogen-bond donors (Lipinski definition) is 1. The van der Waals surface area contributed by atoms with E-state index < -0.39 is 15.9 Å². The largest absolute Gasteiger partial charge is 0.494 e. The van der Waals surface area contributed by atoms with Crippen LogP contribution in [0.1, 0.15) is 36.9 Å². The first-order valence-corrected chi connectivity index (χ1v) is 12.8. The predicted molar refractivity (Wildman–Crippen MR) is 123 cm³/mol. The molecule has 1 aliphatic heterocycles. The summed E-state index contributed by atoms with van der Waals surface area (Å²) in [4.78, 5) is 15.0. The number of hydrogen-bond acceptors (Lipinski definition) is 5. The lowest BCUT2D eigenvalue weighted by atomic mass is 10.0. The highest BCUT2D eigenvalue weighted by atomic mass is 32.2. The number of ether oxygens (including phenoxy) is 1. The molecule has 168 valence electrons. The zero-order chi connectivity index (χ0) is 22.1. The van der Waals surface area contributed by atoms with Crippen LogP contribution >= 0.6 is 0 Å². The Morgan fingerprint density at radius 1 is 1.06 bits per heavy atom. The van der Waals surface area contributed by atoms with Crippen LogP contribution in [0.5, 0.6) is 5.75 Å². The first kappa shape index (κ1) is 23.3. The van der Waals surface area contributed by atoms with Crippen LogP contribution in [0.25, 0.3) is 0 Å². The minimum atomic E-state index is -3.00. The number of carbonyl (C=O) groups excluding carboxylic acids is 1. The lowest BCUT2D eigenvalue weighted by Gasteiger charge is -2.33. The van der Waals surface area contributed by atoms with Crippen molar-refractivity contribution in [2.45, 2.75) is 32.2 Å². The van der Waals surface area contributed by atoms with Crippen molar-refractivity contribution >= 4 is 15.7 Å². The Morgan fingerprint density at radius 2 is 1.74 bits per heavy atom. The first-order valence-electron chi connectivity index (χ1n) is 11.0. The first-order chi connectivity index (χ1) is 15.0. The average molecular weight is 445 g/mol. The highest BCUT2D eigenvalue weighted by molar-refractivity contribution is 7.91. The van der Waals surface area contributed by atoms with Gasteiger partial charge in [-0.15, -0.1) is 0 Å². The number of amides is 1. The van der Waals surface area contributed by atoms with Gasteiger partial charge in [-0.2, -0.15) is 0 Å². The summed E-state index contributed by atoms with van der Waals surface area (Å²) < 4.78 is 29.3. The van der Waals surface area contributed by atoms with Crippen molar-refractivity contribution in [2.75, 3.05) is 37.7 Å². The van der Waals surface area contributed by atoms with Crippen LogP contribution in [-0.2, 0) is 21.1 Å². The third-order valence-electron chi connectivity index (χ3n) is 5.51. The third-order valence-corrected chi connectivity index (χ3v) is 7.12. The Balaban J connectivity index is 1.57. The van der Waals surface area contributed by atoms with Gasteiger partial charge in [-0.1, -0.05) is 55.8 Å². The number of nitrogens with one attached hydrogen (secondary N) is 1. The second-order valence-electron chi connectivity index (χ2n) is 7.89. The molecule has 3 rings (SSSR count). The molecule has 1 N–H and O–H groups in total. The van der Waals surface area contributed by atoms with Gasteiger partial charge in [-0.3, -0.25) is 9.69 Å². The standard InChI is InChI=1S/C24H32N2O4S/c1-2-3-17-30-22-11-9-20(10-12-22)13-14-25-24(27)23(21-7-5-4-6-8-21)26-15-18-31(28,29)19-16-26/h4-12,23H,2-3,13-19H2,1H3,(H,25,27). The van der Waals surface area contributed by atoms with Crippen molar-refractivity contribution in [1.29, 1.82) is 0 Å². The normalized spacial score (nSPS) is 17.1. The molecule has 1 aliphatic rings. The van der Waals surface area contributed by atoms with Crippen LogP contribution < -0.4 is 10.1 Å². The molecule has 0 saturated carbocycles. The number of benzene rings is 2. The Morgan fingerprint density at radius 3 is 2.39 bits per heavy atom. The number of nitrogens with zero attached hydrogens (tertiary/aromatic N) is 1. The van der Waals surface area contributed by atoms with Gasteiger partial charge in [0.25, 0.3) is 0 Å². The summed E-state index contributed by atoms with van der Waals surface area (Å²) in [6.45, 7) is 4.12. The van der Waals surface area contributed by atoms with Gasteiger partial charge in [0.2, 0.25) is 5.91 Å². The van der Waals surface area contributed by atoms with Gasteiger partial charge in [0.15, 0.2) is 9.84 Å². The van der Waals surface area contributed by atoms with E-state index in [1.54, 1.807) is 0 Å². The summed E-state index contributed by atoms with van der Waals surface area (Å²) in [5, 5.41) is 3.04. The number of carbonyl (C=O) groups is 1. The van der Waals surface area contributed by atoms with Crippen molar-refractivity contribution in [2.24, 2.45) is 0 Å². The fourth-order valence-corrected chi connectivity index (χ4v) is 4.89. The highest BCUT2D eigenvalue weighted by Gasteiger charge is 2.32. The molecule has 1 fully saturated rings. The molecular formula is C24H32N2O4S. The summed E-state index contributed by atoms with van der Waals surface area (Å²) >= 11 is 0. The molecule has 1 heterocycles. The van der Waals surface area contributed by atoms with E-state index in [0.29, 0.717) is 19.6 Å². The lowest BCUT2D eigenvalue weighted by Crippen LogP contribution is -2.47. The summed E-state index contributed by atoms with van der Waals surface area (Å²) in [7, 11) is -3.00. The number of rotatable bonds is 10. The van der Waals surface area contributed by atoms with Crippen molar-refractivity contribution in [3.05, 3.63) is 65.7 Å². The summed E-state index contributed by atoms with van der Waals surface area (Å²) in [6.07, 6.45) is 2.87. The molecule has 1 amide bonds. The van der Waals surface area contributed by atoms with E-state index in [2.05, 4.69) is 12.2 Å². The monoisotopic (exact) mass is 444 g/mol. The number of unbranched alkanes of at least 4 members (excludes halogenated alkanes) is 1. The van der Waals surface area contributed by atoms with Gasteiger partial charge >= 0.3 is 0 Å². The Kier molecular flexibility index (Phi) is 8.49. The SMILES string of the molecule is CCCCOc1ccc(CCNC(=O)C(c2ccccc2)N2CCS(=O)(=O)CC2)cc1.